The Morgan fingerprint density at radius 1 is 1.29 bits per heavy atom. The Morgan fingerprint density at radius 2 is 1.79 bits per heavy atom. The summed E-state index contributed by atoms with van der Waals surface area (Å²) >= 11 is 0. The molecule has 14 heavy (non-hydrogen) atoms. The van der Waals surface area contributed by atoms with Gasteiger partial charge in [-0.15, -0.1) is 0 Å². The van der Waals surface area contributed by atoms with Gasteiger partial charge in [-0.3, -0.25) is 4.79 Å². The highest BCUT2D eigenvalue weighted by molar-refractivity contribution is 5.75. The molecule has 0 aromatic carbocycles. The van der Waals surface area contributed by atoms with Crippen molar-refractivity contribution < 1.29 is 9.90 Å². The van der Waals surface area contributed by atoms with Crippen LogP contribution in [0.4, 0.5) is 0 Å². The third-order valence-electron chi connectivity index (χ3n) is 1.46. The van der Waals surface area contributed by atoms with Gasteiger partial charge in [-0.25, -0.2) is 0 Å². The summed E-state index contributed by atoms with van der Waals surface area (Å²) in [5, 5.41) is 11.5. The molecule has 0 rings (SSSR count). The molecule has 0 radical (unpaired) electrons. The third kappa shape index (κ3) is 6.43. The fourth-order valence-corrected chi connectivity index (χ4v) is 0.859. The maximum Gasteiger partial charge on any atom is 0.221 e. The third-order valence-corrected chi connectivity index (χ3v) is 1.46. The van der Waals surface area contributed by atoms with Gasteiger partial charge in [0.15, 0.2) is 0 Å². The first-order chi connectivity index (χ1) is 6.65. The zero-order valence-electron chi connectivity index (χ0n) is 9.72. The van der Waals surface area contributed by atoms with Gasteiger partial charge >= 0.3 is 0 Å². The molecule has 0 spiro atoms. The molecule has 0 aliphatic rings. The molecule has 0 saturated carbocycles. The predicted octanol–water partition coefficient (Wildman–Crippen LogP) is 1.99. The summed E-state index contributed by atoms with van der Waals surface area (Å²) in [4.78, 5) is 10.7. The van der Waals surface area contributed by atoms with Crippen molar-refractivity contribution in [3.8, 4) is 0 Å². The van der Waals surface area contributed by atoms with E-state index in [1.165, 1.54) is 6.92 Å². The first-order valence-electron chi connectivity index (χ1n) is 4.86. The molecule has 2 N–H and O–H groups in total. The zero-order valence-corrected chi connectivity index (χ0v) is 9.72. The lowest BCUT2D eigenvalue weighted by Gasteiger charge is -2.08. The van der Waals surface area contributed by atoms with Crippen molar-refractivity contribution >= 4 is 5.91 Å². The number of nitrogens with one attached hydrogen (secondary N) is 1. The standard InChI is InChI=1S/C9H15NO2.C2H6/c1-4-8(6-11)9(5-2)10-7(3)12;1-2/h4-5,11H,6H2,1-3H3,(H,10,12);1-2H3/b8-4-,9-5+;. The lowest BCUT2D eigenvalue weighted by molar-refractivity contribution is -0.118. The lowest BCUT2D eigenvalue weighted by atomic mass is 10.2. The number of hydrogen-bond donors (Lipinski definition) is 2. The molecule has 0 aromatic heterocycles. The number of amides is 1. The molecule has 0 bridgehead atoms. The summed E-state index contributed by atoms with van der Waals surface area (Å²) in [6.07, 6.45) is 3.53. The maximum absolute atomic E-state index is 10.7. The Balaban J connectivity index is 0. The molecule has 0 aromatic rings. The van der Waals surface area contributed by atoms with Crippen LogP contribution in [0.2, 0.25) is 0 Å². The van der Waals surface area contributed by atoms with E-state index in [0.29, 0.717) is 5.70 Å². The minimum atomic E-state index is -0.129. The second-order valence-corrected chi connectivity index (χ2v) is 2.36. The van der Waals surface area contributed by atoms with E-state index in [9.17, 15) is 4.79 Å². The molecule has 0 atom stereocenters. The van der Waals surface area contributed by atoms with Crippen molar-refractivity contribution in [2.24, 2.45) is 0 Å². The summed E-state index contributed by atoms with van der Waals surface area (Å²) in [5.74, 6) is -0.129. The van der Waals surface area contributed by atoms with Crippen LogP contribution in [0.15, 0.2) is 23.4 Å². The van der Waals surface area contributed by atoms with Gasteiger partial charge in [0, 0.05) is 12.6 Å². The van der Waals surface area contributed by atoms with Gasteiger partial charge in [0.05, 0.1) is 6.61 Å². The second-order valence-electron chi connectivity index (χ2n) is 2.36. The smallest absolute Gasteiger partial charge is 0.221 e. The molecule has 82 valence electrons. The molecule has 1 amide bonds. The molecule has 0 fully saturated rings. The van der Waals surface area contributed by atoms with Gasteiger partial charge in [-0.05, 0) is 19.4 Å². The Hall–Kier alpha value is -1.09. The van der Waals surface area contributed by atoms with E-state index in [4.69, 9.17) is 5.11 Å². The average Bonchev–Trinajstić information content (AvgIpc) is 2.20. The summed E-state index contributed by atoms with van der Waals surface area (Å²) < 4.78 is 0. The van der Waals surface area contributed by atoms with Gasteiger partial charge in [-0.2, -0.15) is 0 Å². The lowest BCUT2D eigenvalue weighted by Crippen LogP contribution is -2.21. The van der Waals surface area contributed by atoms with Crippen LogP contribution in [-0.2, 0) is 4.79 Å². The van der Waals surface area contributed by atoms with Crippen LogP contribution in [-0.4, -0.2) is 17.6 Å². The van der Waals surface area contributed by atoms with E-state index < -0.39 is 0 Å². The molecular weight excluding hydrogens is 178 g/mol. The first-order valence-corrected chi connectivity index (χ1v) is 4.86. The molecule has 0 saturated heterocycles. The van der Waals surface area contributed by atoms with Crippen LogP contribution >= 0.6 is 0 Å². The van der Waals surface area contributed by atoms with Gasteiger partial charge < -0.3 is 10.4 Å². The van der Waals surface area contributed by atoms with Crippen LogP contribution in [0.3, 0.4) is 0 Å². The average molecular weight is 199 g/mol. The van der Waals surface area contributed by atoms with E-state index in [2.05, 4.69) is 5.32 Å². The second kappa shape index (κ2) is 9.99. The Labute approximate surface area is 86.5 Å². The number of carbonyl (C=O) groups excluding carboxylic acids is 1. The Morgan fingerprint density at radius 3 is 2.00 bits per heavy atom. The number of allylic oxidation sites excluding steroid dienone is 2. The van der Waals surface area contributed by atoms with Gasteiger partial charge in [0.1, 0.15) is 0 Å². The predicted molar refractivity (Wildman–Crippen MR) is 59.8 cm³/mol. The quantitative estimate of drug-likeness (QED) is 0.683. The maximum atomic E-state index is 10.7. The normalized spacial score (nSPS) is 11.6. The molecule has 3 heteroatoms. The molecule has 0 aliphatic carbocycles. The SMILES string of the molecule is C/C=C(CO)\C(=C/C)NC(C)=O.CC. The summed E-state index contributed by atoms with van der Waals surface area (Å²) in [6, 6.07) is 0. The fraction of sp³-hybridized carbons (Fsp3) is 0.545. The van der Waals surface area contributed by atoms with E-state index in [-0.39, 0.29) is 12.5 Å². The van der Waals surface area contributed by atoms with Crippen LogP contribution < -0.4 is 5.32 Å². The number of aliphatic hydroxyl groups excluding tert-OH is 1. The minimum Gasteiger partial charge on any atom is -0.392 e. The van der Waals surface area contributed by atoms with E-state index in [0.717, 1.165) is 5.57 Å². The number of hydrogen-bond acceptors (Lipinski definition) is 2. The fourth-order valence-electron chi connectivity index (χ4n) is 0.859. The Bertz CT molecular complexity index is 217. The zero-order chi connectivity index (χ0) is 11.6. The van der Waals surface area contributed by atoms with Crippen LogP contribution in [0.1, 0.15) is 34.6 Å². The summed E-state index contributed by atoms with van der Waals surface area (Å²) in [7, 11) is 0. The van der Waals surface area contributed by atoms with Crippen LogP contribution in [0.25, 0.3) is 0 Å². The van der Waals surface area contributed by atoms with Crippen molar-refractivity contribution in [3.05, 3.63) is 23.4 Å². The molecule has 0 unspecified atom stereocenters. The monoisotopic (exact) mass is 199 g/mol. The topological polar surface area (TPSA) is 49.3 Å². The number of aliphatic hydroxyl groups is 1. The largest absolute Gasteiger partial charge is 0.392 e. The summed E-state index contributed by atoms with van der Waals surface area (Å²) in [5.41, 5.74) is 1.40. The first kappa shape index (κ1) is 15.4. The van der Waals surface area contributed by atoms with Crippen molar-refractivity contribution in [2.75, 3.05) is 6.61 Å². The van der Waals surface area contributed by atoms with Gasteiger partial charge in [-0.1, -0.05) is 26.0 Å². The van der Waals surface area contributed by atoms with Crippen molar-refractivity contribution in [2.45, 2.75) is 34.6 Å². The summed E-state index contributed by atoms with van der Waals surface area (Å²) in [6.45, 7) is 9.01. The molecular formula is C11H21NO2. The van der Waals surface area contributed by atoms with Crippen LogP contribution in [0.5, 0.6) is 0 Å². The van der Waals surface area contributed by atoms with E-state index >= 15 is 0 Å². The van der Waals surface area contributed by atoms with E-state index in [1.807, 2.05) is 27.7 Å². The van der Waals surface area contributed by atoms with Gasteiger partial charge in [0.25, 0.3) is 0 Å². The number of rotatable bonds is 3. The molecule has 0 aliphatic heterocycles. The number of carbonyl (C=O) groups is 1. The van der Waals surface area contributed by atoms with Crippen molar-refractivity contribution in [3.63, 3.8) is 0 Å². The highest BCUT2D eigenvalue weighted by atomic mass is 16.3. The van der Waals surface area contributed by atoms with E-state index in [1.54, 1.807) is 12.2 Å². The molecule has 3 nitrogen and oxygen atoms in total. The highest BCUT2D eigenvalue weighted by Crippen LogP contribution is 2.04. The highest BCUT2D eigenvalue weighted by Gasteiger charge is 2.02. The molecule has 0 heterocycles. The van der Waals surface area contributed by atoms with Gasteiger partial charge in [0.2, 0.25) is 5.91 Å². The van der Waals surface area contributed by atoms with Crippen molar-refractivity contribution in [1.82, 2.24) is 5.32 Å². The van der Waals surface area contributed by atoms with Crippen LogP contribution in [0, 0.1) is 0 Å². The van der Waals surface area contributed by atoms with Crippen molar-refractivity contribution in [1.29, 1.82) is 0 Å². The minimum absolute atomic E-state index is 0.0591. The Kier molecular flexibility index (Phi) is 11.0.